The van der Waals surface area contributed by atoms with Gasteiger partial charge in [0.05, 0.1) is 32.5 Å². The van der Waals surface area contributed by atoms with Gasteiger partial charge in [0.25, 0.3) is 6.47 Å². The standard InChI is InChI=1S/C38H30O4.C2H4O2.2C2H6/c1-25-7-10-29(19-28(25)4)13-16-32-20-33(17-14-30-11-8-26(2)35(23-30)37(39)41-5)22-34(21-32)18-15-31-12-9-27(3)36(24-31)38(40)42-6;1-4-2-3;2*1-2/h7-12,19-24H,1-6H3;2H,1H3;2*1-2H3. The maximum Gasteiger partial charge on any atom is 0.338 e. The summed E-state index contributed by atoms with van der Waals surface area (Å²) in [5.74, 6) is 18.4. The lowest BCUT2D eigenvalue weighted by atomic mass is 10.0. The first kappa shape index (κ1) is 42.0. The number of esters is 2. The normalized spacial score (nSPS) is 8.86. The van der Waals surface area contributed by atoms with Crippen molar-refractivity contribution in [2.75, 3.05) is 21.3 Å². The van der Waals surface area contributed by atoms with Crippen LogP contribution in [0, 0.1) is 63.2 Å². The maximum absolute atomic E-state index is 12.1. The van der Waals surface area contributed by atoms with Crippen LogP contribution < -0.4 is 0 Å². The first-order valence-electron chi connectivity index (χ1n) is 16.2. The smallest absolute Gasteiger partial charge is 0.338 e. The summed E-state index contributed by atoms with van der Waals surface area (Å²) in [4.78, 5) is 33.2. The molecule has 0 unspecified atom stereocenters. The molecule has 0 fully saturated rings. The van der Waals surface area contributed by atoms with Crippen LogP contribution in [0.15, 0.2) is 72.8 Å². The van der Waals surface area contributed by atoms with Crippen LogP contribution >= 0.6 is 0 Å². The van der Waals surface area contributed by atoms with E-state index < -0.39 is 11.9 Å². The van der Waals surface area contributed by atoms with Gasteiger partial charge in [0.15, 0.2) is 0 Å². The average Bonchev–Trinajstić information content (AvgIpc) is 3.15. The van der Waals surface area contributed by atoms with Gasteiger partial charge in [0, 0.05) is 33.4 Å². The quantitative estimate of drug-likeness (QED) is 0.0941. The van der Waals surface area contributed by atoms with Crippen LogP contribution in [0.2, 0.25) is 0 Å². The lowest BCUT2D eigenvalue weighted by Gasteiger charge is -2.04. The van der Waals surface area contributed by atoms with Gasteiger partial charge in [-0.05, 0) is 105 Å². The number of carbonyl (C=O) groups excluding carboxylic acids is 3. The molecule has 0 aromatic heterocycles. The van der Waals surface area contributed by atoms with Crippen molar-refractivity contribution in [1.82, 2.24) is 0 Å². The third-order valence-corrected chi connectivity index (χ3v) is 6.88. The van der Waals surface area contributed by atoms with Gasteiger partial charge in [-0.15, -0.1) is 0 Å². The molecule has 0 saturated carbocycles. The van der Waals surface area contributed by atoms with Crippen molar-refractivity contribution in [2.45, 2.75) is 55.4 Å². The van der Waals surface area contributed by atoms with Crippen LogP contribution in [-0.4, -0.2) is 39.7 Å². The average molecular weight is 671 g/mol. The van der Waals surface area contributed by atoms with Crippen LogP contribution in [0.3, 0.4) is 0 Å². The van der Waals surface area contributed by atoms with Gasteiger partial charge in [0.1, 0.15) is 0 Å². The fourth-order valence-corrected chi connectivity index (χ4v) is 4.16. The van der Waals surface area contributed by atoms with E-state index in [0.717, 1.165) is 33.4 Å². The molecule has 6 nitrogen and oxygen atoms in total. The minimum Gasteiger partial charge on any atom is -0.471 e. The van der Waals surface area contributed by atoms with Gasteiger partial charge in [-0.2, -0.15) is 0 Å². The molecule has 4 rings (SSSR count). The van der Waals surface area contributed by atoms with E-state index in [9.17, 15) is 9.59 Å². The summed E-state index contributed by atoms with van der Waals surface area (Å²) >= 11 is 0. The number of ether oxygens (including phenoxy) is 3. The molecular formula is C44H46O6. The van der Waals surface area contributed by atoms with E-state index in [1.54, 1.807) is 12.1 Å². The number of methoxy groups -OCH3 is 3. The topological polar surface area (TPSA) is 78.9 Å². The Balaban J connectivity index is 0.00000143. The van der Waals surface area contributed by atoms with Gasteiger partial charge in [-0.1, -0.05) is 81.4 Å². The van der Waals surface area contributed by atoms with Gasteiger partial charge >= 0.3 is 11.9 Å². The Morgan fingerprint density at radius 1 is 0.460 bits per heavy atom. The highest BCUT2D eigenvalue weighted by atomic mass is 16.5. The number of aryl methyl sites for hydroxylation is 4. The van der Waals surface area contributed by atoms with Crippen LogP contribution in [0.4, 0.5) is 0 Å². The molecule has 4 aromatic rings. The van der Waals surface area contributed by atoms with Crippen molar-refractivity contribution in [3.8, 4) is 35.5 Å². The lowest BCUT2D eigenvalue weighted by molar-refractivity contribution is -0.126. The Bertz CT molecular complexity index is 1870. The predicted octanol–water partition coefficient (Wildman–Crippen LogP) is 8.53. The van der Waals surface area contributed by atoms with E-state index in [2.05, 4.69) is 66.2 Å². The molecule has 4 aromatic carbocycles. The third kappa shape index (κ3) is 13.2. The fourth-order valence-electron chi connectivity index (χ4n) is 4.16. The van der Waals surface area contributed by atoms with E-state index in [1.165, 1.54) is 32.5 Å². The Hall–Kier alpha value is -6.03. The van der Waals surface area contributed by atoms with E-state index in [0.29, 0.717) is 28.7 Å². The molecule has 6 heteroatoms. The van der Waals surface area contributed by atoms with Gasteiger partial charge in [-0.25, -0.2) is 9.59 Å². The Kier molecular flexibility index (Phi) is 18.9. The monoisotopic (exact) mass is 670 g/mol. The molecule has 258 valence electrons. The second kappa shape index (κ2) is 22.5. The van der Waals surface area contributed by atoms with Crippen molar-refractivity contribution in [2.24, 2.45) is 0 Å². The number of carbonyl (C=O) groups is 3. The Morgan fingerprint density at radius 2 is 0.760 bits per heavy atom. The summed E-state index contributed by atoms with van der Waals surface area (Å²) in [6, 6.07) is 22.8. The molecule has 0 saturated heterocycles. The fraction of sp³-hybridized carbons (Fsp3) is 0.250. The maximum atomic E-state index is 12.1. The lowest BCUT2D eigenvalue weighted by Crippen LogP contribution is -2.04. The van der Waals surface area contributed by atoms with Crippen molar-refractivity contribution in [1.29, 1.82) is 0 Å². The number of hydrogen-bond donors (Lipinski definition) is 0. The zero-order valence-electron chi connectivity index (χ0n) is 31.0. The SMILES string of the molecule is CC.CC.COC(=O)c1cc(C#Cc2cc(C#Cc3ccc(C)c(C)c3)cc(C#Cc3ccc(C)c(C(=O)OC)c3)c2)ccc1C.COC=O. The van der Waals surface area contributed by atoms with Crippen molar-refractivity contribution < 1.29 is 28.6 Å². The van der Waals surface area contributed by atoms with Crippen LogP contribution in [0.5, 0.6) is 0 Å². The summed E-state index contributed by atoms with van der Waals surface area (Å²) in [5, 5.41) is 0. The zero-order valence-corrected chi connectivity index (χ0v) is 31.0. The van der Waals surface area contributed by atoms with E-state index >= 15 is 0 Å². The van der Waals surface area contributed by atoms with Gasteiger partial charge in [0.2, 0.25) is 0 Å². The minimum absolute atomic E-state index is 0.375. The third-order valence-electron chi connectivity index (χ3n) is 6.88. The second-order valence-electron chi connectivity index (χ2n) is 10.2. The molecule has 0 aliphatic carbocycles. The van der Waals surface area contributed by atoms with E-state index in [-0.39, 0.29) is 0 Å². The molecule has 0 spiro atoms. The molecule has 0 bridgehead atoms. The summed E-state index contributed by atoms with van der Waals surface area (Å²) < 4.78 is 13.7. The minimum atomic E-state index is -0.399. The summed E-state index contributed by atoms with van der Waals surface area (Å²) in [6.07, 6.45) is 0. The zero-order chi connectivity index (χ0) is 37.6. The highest BCUT2D eigenvalue weighted by Gasteiger charge is 2.10. The molecule has 0 atom stereocenters. The summed E-state index contributed by atoms with van der Waals surface area (Å²) in [7, 11) is 4.03. The summed E-state index contributed by atoms with van der Waals surface area (Å²) in [5.41, 5.74) is 9.52. The molecule has 0 heterocycles. The highest BCUT2D eigenvalue weighted by Crippen LogP contribution is 2.15. The molecule has 0 amide bonds. The molecule has 0 aliphatic rings. The number of rotatable bonds is 3. The van der Waals surface area contributed by atoms with E-state index in [4.69, 9.17) is 14.3 Å². The number of hydrogen-bond acceptors (Lipinski definition) is 6. The van der Waals surface area contributed by atoms with Gasteiger partial charge in [-0.3, -0.25) is 4.79 Å². The van der Waals surface area contributed by atoms with Crippen LogP contribution in [0.1, 0.15) is 104 Å². The Labute approximate surface area is 298 Å². The number of benzene rings is 4. The highest BCUT2D eigenvalue weighted by molar-refractivity contribution is 5.92. The summed E-state index contributed by atoms with van der Waals surface area (Å²) in [6.45, 7) is 16.2. The van der Waals surface area contributed by atoms with Gasteiger partial charge < -0.3 is 14.2 Å². The largest absolute Gasteiger partial charge is 0.471 e. The van der Waals surface area contributed by atoms with E-state index in [1.807, 2.05) is 90.1 Å². The van der Waals surface area contributed by atoms with Crippen molar-refractivity contribution in [3.63, 3.8) is 0 Å². The molecule has 0 aliphatic heterocycles. The first-order chi connectivity index (χ1) is 24.1. The Morgan fingerprint density at radius 3 is 1.06 bits per heavy atom. The van der Waals surface area contributed by atoms with Crippen LogP contribution in [-0.2, 0) is 19.0 Å². The molecule has 50 heavy (non-hydrogen) atoms. The van der Waals surface area contributed by atoms with Crippen molar-refractivity contribution >= 4 is 18.4 Å². The predicted molar refractivity (Wildman–Crippen MR) is 201 cm³/mol. The first-order valence-corrected chi connectivity index (χ1v) is 16.2. The second-order valence-corrected chi connectivity index (χ2v) is 10.2. The molecule has 0 radical (unpaired) electrons. The van der Waals surface area contributed by atoms with Crippen LogP contribution in [0.25, 0.3) is 0 Å². The van der Waals surface area contributed by atoms with Crippen molar-refractivity contribution in [3.05, 3.63) is 140 Å². The molecule has 0 N–H and O–H groups in total. The molecular weight excluding hydrogens is 624 g/mol.